The van der Waals surface area contributed by atoms with Gasteiger partial charge in [-0.2, -0.15) is 0 Å². The molecule has 0 atom stereocenters. The highest BCUT2D eigenvalue weighted by molar-refractivity contribution is 5.93. The number of carbonyl (C=O) groups excluding carboxylic acids is 2. The van der Waals surface area contributed by atoms with Gasteiger partial charge in [0.2, 0.25) is 11.8 Å². The molecule has 0 heterocycles. The van der Waals surface area contributed by atoms with E-state index in [4.69, 9.17) is 0 Å². The summed E-state index contributed by atoms with van der Waals surface area (Å²) in [7, 11) is 0. The van der Waals surface area contributed by atoms with Crippen LogP contribution >= 0.6 is 0 Å². The van der Waals surface area contributed by atoms with Gasteiger partial charge in [-0.25, -0.2) is 4.39 Å². The predicted molar refractivity (Wildman–Crippen MR) is 86.7 cm³/mol. The number of rotatable bonds is 6. The summed E-state index contributed by atoms with van der Waals surface area (Å²) in [5.41, 5.74) is 8.44. The van der Waals surface area contributed by atoms with Gasteiger partial charge in [-0.05, 0) is 56.9 Å². The third-order valence-corrected chi connectivity index (χ3v) is 3.80. The summed E-state index contributed by atoms with van der Waals surface area (Å²) in [5.74, 6) is -0.870. The van der Waals surface area contributed by atoms with Crippen LogP contribution in [0.5, 0.6) is 0 Å². The van der Waals surface area contributed by atoms with Gasteiger partial charge in [-0.3, -0.25) is 15.0 Å². The van der Waals surface area contributed by atoms with Crippen LogP contribution in [0.4, 0.5) is 10.1 Å². The predicted octanol–water partition coefficient (Wildman–Crippen LogP) is 3.01. The minimum atomic E-state index is -0.360. The fourth-order valence-corrected chi connectivity index (χ4v) is 2.42. The number of hydrazine groups is 1. The van der Waals surface area contributed by atoms with Crippen molar-refractivity contribution in [3.63, 3.8) is 0 Å². The van der Waals surface area contributed by atoms with Gasteiger partial charge in [0.1, 0.15) is 5.82 Å². The monoisotopic (exact) mass is 319 g/mol. The molecule has 1 aromatic rings. The van der Waals surface area contributed by atoms with Crippen LogP contribution in [-0.2, 0) is 9.59 Å². The van der Waals surface area contributed by atoms with Gasteiger partial charge >= 0.3 is 0 Å². The fraction of sp³-hybridized carbons (Fsp3) is 0.412. The maximum atomic E-state index is 12.8. The summed E-state index contributed by atoms with van der Waals surface area (Å²) in [5, 5.41) is 2.62. The van der Waals surface area contributed by atoms with E-state index in [9.17, 15) is 14.0 Å². The Morgan fingerprint density at radius 1 is 1.04 bits per heavy atom. The summed E-state index contributed by atoms with van der Waals surface area (Å²) in [6.45, 7) is 2.06. The molecule has 124 valence electrons. The third kappa shape index (κ3) is 5.73. The number of nitrogens with one attached hydrogen (secondary N) is 3. The molecular weight excluding hydrogens is 297 g/mol. The molecule has 0 radical (unpaired) electrons. The number of benzene rings is 1. The van der Waals surface area contributed by atoms with Crippen LogP contribution in [0.25, 0.3) is 0 Å². The summed E-state index contributed by atoms with van der Waals surface area (Å²) in [4.78, 5) is 23.5. The van der Waals surface area contributed by atoms with E-state index >= 15 is 0 Å². The SMILES string of the molecule is CC1=C(NNC(=O)CCC(=O)Nc2ccc(F)cc2)CCCC1. The molecule has 5 nitrogen and oxygen atoms in total. The molecule has 0 aromatic heterocycles. The smallest absolute Gasteiger partial charge is 0.238 e. The zero-order valence-electron chi connectivity index (χ0n) is 13.2. The third-order valence-electron chi connectivity index (χ3n) is 3.80. The minimum absolute atomic E-state index is 0.0723. The first-order valence-corrected chi connectivity index (χ1v) is 7.83. The summed E-state index contributed by atoms with van der Waals surface area (Å²) in [6.07, 6.45) is 4.47. The Bertz CT molecular complexity index is 596. The molecule has 0 saturated heterocycles. The minimum Gasteiger partial charge on any atom is -0.326 e. The first-order valence-electron chi connectivity index (χ1n) is 7.83. The maximum Gasteiger partial charge on any atom is 0.238 e. The number of allylic oxidation sites excluding steroid dienone is 2. The Balaban J connectivity index is 1.69. The van der Waals surface area contributed by atoms with Crippen molar-refractivity contribution in [3.05, 3.63) is 41.4 Å². The normalized spacial score (nSPS) is 14.3. The Morgan fingerprint density at radius 2 is 1.70 bits per heavy atom. The van der Waals surface area contributed by atoms with E-state index < -0.39 is 0 Å². The van der Waals surface area contributed by atoms with Crippen LogP contribution in [0, 0.1) is 5.82 Å². The van der Waals surface area contributed by atoms with E-state index in [0.717, 1.165) is 25.0 Å². The molecule has 1 aromatic carbocycles. The Hall–Kier alpha value is -2.37. The number of halogens is 1. The number of anilines is 1. The van der Waals surface area contributed by atoms with Crippen LogP contribution in [0.15, 0.2) is 35.5 Å². The topological polar surface area (TPSA) is 70.2 Å². The van der Waals surface area contributed by atoms with Crippen LogP contribution in [0.2, 0.25) is 0 Å². The van der Waals surface area contributed by atoms with Crippen LogP contribution in [0.3, 0.4) is 0 Å². The Labute approximate surface area is 135 Å². The fourth-order valence-electron chi connectivity index (χ4n) is 2.42. The number of carbonyl (C=O) groups is 2. The van der Waals surface area contributed by atoms with E-state index in [0.29, 0.717) is 5.69 Å². The molecule has 3 N–H and O–H groups in total. The Morgan fingerprint density at radius 3 is 2.39 bits per heavy atom. The van der Waals surface area contributed by atoms with Gasteiger partial charge in [-0.15, -0.1) is 0 Å². The van der Waals surface area contributed by atoms with Crippen molar-refractivity contribution in [2.45, 2.75) is 45.4 Å². The molecule has 1 aliphatic carbocycles. The van der Waals surface area contributed by atoms with Gasteiger partial charge in [0.25, 0.3) is 0 Å². The highest BCUT2D eigenvalue weighted by Crippen LogP contribution is 2.21. The largest absolute Gasteiger partial charge is 0.326 e. The molecule has 2 rings (SSSR count). The molecule has 2 amide bonds. The summed E-state index contributed by atoms with van der Waals surface area (Å²) in [6, 6.07) is 5.50. The van der Waals surface area contributed by atoms with Crippen molar-refractivity contribution in [2.24, 2.45) is 0 Å². The molecule has 0 unspecified atom stereocenters. The van der Waals surface area contributed by atoms with Crippen molar-refractivity contribution in [1.82, 2.24) is 10.9 Å². The van der Waals surface area contributed by atoms with Crippen molar-refractivity contribution in [2.75, 3.05) is 5.32 Å². The lowest BCUT2D eigenvalue weighted by atomic mass is 9.98. The van der Waals surface area contributed by atoms with E-state index in [1.807, 2.05) is 0 Å². The average molecular weight is 319 g/mol. The van der Waals surface area contributed by atoms with Gasteiger partial charge in [0.05, 0.1) is 0 Å². The lowest BCUT2D eigenvalue weighted by Crippen LogP contribution is -2.38. The molecule has 23 heavy (non-hydrogen) atoms. The highest BCUT2D eigenvalue weighted by atomic mass is 19.1. The molecule has 0 bridgehead atoms. The first-order chi connectivity index (χ1) is 11.0. The van der Waals surface area contributed by atoms with E-state index in [1.54, 1.807) is 0 Å². The molecule has 1 aliphatic rings. The second kappa shape index (κ2) is 8.31. The van der Waals surface area contributed by atoms with Crippen LogP contribution in [0.1, 0.15) is 45.4 Å². The summed E-state index contributed by atoms with van der Waals surface area (Å²) < 4.78 is 12.8. The lowest BCUT2D eigenvalue weighted by Gasteiger charge is -2.19. The molecule has 0 aliphatic heterocycles. The molecule has 0 fully saturated rings. The number of hydrogen-bond acceptors (Lipinski definition) is 3. The first kappa shape index (κ1) is 17.0. The quantitative estimate of drug-likeness (QED) is 0.706. The standard InChI is InChI=1S/C17H22FN3O2/c1-12-4-2-3-5-15(12)20-21-17(23)11-10-16(22)19-14-8-6-13(18)7-9-14/h6-9,20H,2-5,10-11H2,1H3,(H,19,22)(H,21,23). The number of hydrogen-bond donors (Lipinski definition) is 3. The van der Waals surface area contributed by atoms with Crippen LogP contribution < -0.4 is 16.2 Å². The van der Waals surface area contributed by atoms with Crippen molar-refractivity contribution in [1.29, 1.82) is 0 Å². The maximum absolute atomic E-state index is 12.8. The van der Waals surface area contributed by atoms with Gasteiger partial charge in [0, 0.05) is 24.2 Å². The zero-order valence-corrected chi connectivity index (χ0v) is 13.2. The lowest BCUT2D eigenvalue weighted by molar-refractivity contribution is -0.124. The van der Waals surface area contributed by atoms with Crippen molar-refractivity contribution in [3.8, 4) is 0 Å². The van der Waals surface area contributed by atoms with Gasteiger partial charge in [0.15, 0.2) is 0 Å². The average Bonchev–Trinajstić information content (AvgIpc) is 2.54. The van der Waals surface area contributed by atoms with Gasteiger partial charge in [-0.1, -0.05) is 5.57 Å². The highest BCUT2D eigenvalue weighted by Gasteiger charge is 2.11. The van der Waals surface area contributed by atoms with Crippen molar-refractivity contribution >= 4 is 17.5 Å². The second-order valence-electron chi connectivity index (χ2n) is 5.69. The Kier molecular flexibility index (Phi) is 6.14. The molecule has 0 spiro atoms. The second-order valence-corrected chi connectivity index (χ2v) is 5.69. The van der Waals surface area contributed by atoms with Gasteiger partial charge < -0.3 is 10.7 Å². The zero-order chi connectivity index (χ0) is 16.7. The number of amides is 2. The van der Waals surface area contributed by atoms with Crippen LogP contribution in [-0.4, -0.2) is 11.8 Å². The summed E-state index contributed by atoms with van der Waals surface area (Å²) >= 11 is 0. The molecular formula is C17H22FN3O2. The van der Waals surface area contributed by atoms with E-state index in [-0.39, 0.29) is 30.5 Å². The van der Waals surface area contributed by atoms with Crippen molar-refractivity contribution < 1.29 is 14.0 Å². The van der Waals surface area contributed by atoms with E-state index in [1.165, 1.54) is 36.3 Å². The van der Waals surface area contributed by atoms with E-state index in [2.05, 4.69) is 23.1 Å². The molecule has 6 heteroatoms. The molecule has 0 saturated carbocycles.